The van der Waals surface area contributed by atoms with Crippen molar-refractivity contribution in [2.45, 2.75) is 19.1 Å². The fourth-order valence-electron chi connectivity index (χ4n) is 3.42. The summed E-state index contributed by atoms with van der Waals surface area (Å²) in [5, 5.41) is 4.71. The number of halogens is 3. The van der Waals surface area contributed by atoms with Gasteiger partial charge in [0.15, 0.2) is 0 Å². The predicted molar refractivity (Wildman–Crippen MR) is 110 cm³/mol. The minimum atomic E-state index is -4.36. The summed E-state index contributed by atoms with van der Waals surface area (Å²) >= 11 is 0. The molecule has 1 unspecified atom stereocenters. The zero-order valence-corrected chi connectivity index (χ0v) is 16.5. The Morgan fingerprint density at radius 3 is 2.34 bits per heavy atom. The average Bonchev–Trinajstić information content (AvgIpc) is 2.65. The molecule has 1 atom stereocenters. The van der Waals surface area contributed by atoms with Crippen LogP contribution in [0.2, 0.25) is 0 Å². The highest BCUT2D eigenvalue weighted by Crippen LogP contribution is 2.33. The highest BCUT2D eigenvalue weighted by molar-refractivity contribution is 6.02. The Balaban J connectivity index is 1.90. The number of rotatable bonds is 5. The van der Waals surface area contributed by atoms with Crippen molar-refractivity contribution in [2.24, 2.45) is 0 Å². The second-order valence-corrected chi connectivity index (χ2v) is 7.45. The Bertz CT molecular complexity index is 1010. The number of nitrogens with zero attached hydrogens (tertiary/aromatic N) is 1. The molecule has 6 heteroatoms. The molecule has 29 heavy (non-hydrogen) atoms. The number of hydrogen-bond acceptors (Lipinski definition) is 2. The smallest absolute Gasteiger partial charge is 0.348 e. The van der Waals surface area contributed by atoms with E-state index in [1.54, 1.807) is 12.1 Å². The summed E-state index contributed by atoms with van der Waals surface area (Å²) in [4.78, 5) is 14.5. The van der Waals surface area contributed by atoms with Gasteiger partial charge in [-0.1, -0.05) is 36.4 Å². The van der Waals surface area contributed by atoms with Crippen LogP contribution < -0.4 is 5.32 Å². The van der Waals surface area contributed by atoms with Crippen molar-refractivity contribution in [1.82, 2.24) is 10.2 Å². The van der Waals surface area contributed by atoms with Crippen molar-refractivity contribution in [3.63, 3.8) is 0 Å². The lowest BCUT2D eigenvalue weighted by atomic mass is 9.96. The number of nitrogens with one attached hydrogen (secondary N) is 1. The molecule has 0 heterocycles. The molecule has 0 radical (unpaired) electrons. The monoisotopic (exact) mass is 400 g/mol. The first-order chi connectivity index (χ1) is 13.6. The number of benzene rings is 3. The van der Waals surface area contributed by atoms with Gasteiger partial charge in [0.25, 0.3) is 5.91 Å². The highest BCUT2D eigenvalue weighted by atomic mass is 19.4. The van der Waals surface area contributed by atoms with E-state index in [2.05, 4.69) is 5.32 Å². The van der Waals surface area contributed by atoms with Crippen LogP contribution in [0.25, 0.3) is 21.9 Å². The highest BCUT2D eigenvalue weighted by Gasteiger charge is 2.30. The SMILES string of the molecule is CC(CN(C)C)NC(=O)c1ccc2c(-c3ccc(C(F)(F)F)cc3)cccc2c1. The standard InChI is InChI=1S/C23H23F3N2O/c1-15(14-28(2)3)27-22(29)18-9-12-21-17(13-18)5-4-6-20(21)16-7-10-19(11-8-16)23(24,25)26/h4-13,15H,14H2,1-3H3,(H,27,29). The van der Waals surface area contributed by atoms with E-state index < -0.39 is 11.7 Å². The summed E-state index contributed by atoms with van der Waals surface area (Å²) in [5.74, 6) is -0.152. The summed E-state index contributed by atoms with van der Waals surface area (Å²) in [5.41, 5.74) is 1.39. The van der Waals surface area contributed by atoms with E-state index in [0.717, 1.165) is 35.0 Å². The molecule has 0 spiro atoms. The van der Waals surface area contributed by atoms with Gasteiger partial charge in [0.1, 0.15) is 0 Å². The lowest BCUT2D eigenvalue weighted by Gasteiger charge is -2.18. The Kier molecular flexibility index (Phi) is 5.94. The topological polar surface area (TPSA) is 32.3 Å². The van der Waals surface area contributed by atoms with Gasteiger partial charge in [-0.25, -0.2) is 0 Å². The lowest BCUT2D eigenvalue weighted by Crippen LogP contribution is -2.39. The van der Waals surface area contributed by atoms with Crippen molar-refractivity contribution < 1.29 is 18.0 Å². The quantitative estimate of drug-likeness (QED) is 0.638. The Labute approximate surface area is 168 Å². The van der Waals surface area contributed by atoms with Crippen molar-refractivity contribution in [1.29, 1.82) is 0 Å². The van der Waals surface area contributed by atoms with Gasteiger partial charge < -0.3 is 10.2 Å². The van der Waals surface area contributed by atoms with Crippen LogP contribution in [0.4, 0.5) is 13.2 Å². The molecule has 3 aromatic rings. The summed E-state index contributed by atoms with van der Waals surface area (Å²) in [6.07, 6.45) is -4.36. The molecule has 3 nitrogen and oxygen atoms in total. The number of fused-ring (bicyclic) bond motifs is 1. The van der Waals surface area contributed by atoms with E-state index in [0.29, 0.717) is 11.1 Å². The molecule has 1 N–H and O–H groups in total. The van der Waals surface area contributed by atoms with Crippen molar-refractivity contribution in [3.8, 4) is 11.1 Å². The maximum Gasteiger partial charge on any atom is 0.416 e. The number of hydrogen-bond donors (Lipinski definition) is 1. The Morgan fingerprint density at radius 1 is 1.03 bits per heavy atom. The normalized spacial score (nSPS) is 12.9. The third-order valence-corrected chi connectivity index (χ3v) is 4.68. The third kappa shape index (κ3) is 4.95. The van der Waals surface area contributed by atoms with Crippen molar-refractivity contribution >= 4 is 16.7 Å². The molecule has 152 valence electrons. The van der Waals surface area contributed by atoms with Gasteiger partial charge in [-0.05, 0) is 67.2 Å². The van der Waals surface area contributed by atoms with E-state index in [4.69, 9.17) is 0 Å². The molecule has 0 aliphatic carbocycles. The van der Waals surface area contributed by atoms with Gasteiger partial charge in [0, 0.05) is 18.2 Å². The van der Waals surface area contributed by atoms with Crippen LogP contribution in [0, 0.1) is 0 Å². The third-order valence-electron chi connectivity index (χ3n) is 4.68. The fraction of sp³-hybridized carbons (Fsp3) is 0.261. The van der Waals surface area contributed by atoms with Crippen LogP contribution in [-0.2, 0) is 6.18 Å². The van der Waals surface area contributed by atoms with Crippen molar-refractivity contribution in [3.05, 3.63) is 71.8 Å². The zero-order valence-electron chi connectivity index (χ0n) is 16.5. The first kappa shape index (κ1) is 20.9. The van der Waals surface area contributed by atoms with E-state index in [1.165, 1.54) is 12.1 Å². The molecular weight excluding hydrogens is 377 g/mol. The Hall–Kier alpha value is -2.86. The van der Waals surface area contributed by atoms with Gasteiger partial charge in [-0.3, -0.25) is 4.79 Å². The van der Waals surface area contributed by atoms with Crippen LogP contribution in [0.1, 0.15) is 22.8 Å². The lowest BCUT2D eigenvalue weighted by molar-refractivity contribution is -0.137. The van der Waals surface area contributed by atoms with Crippen LogP contribution in [0.5, 0.6) is 0 Å². The molecule has 0 aliphatic rings. The van der Waals surface area contributed by atoms with Crippen LogP contribution in [-0.4, -0.2) is 37.5 Å². The number of amides is 1. The minimum Gasteiger partial charge on any atom is -0.348 e. The zero-order chi connectivity index (χ0) is 21.2. The molecule has 0 bridgehead atoms. The predicted octanol–water partition coefficient (Wildman–Crippen LogP) is 5.21. The minimum absolute atomic E-state index is 0.00618. The molecule has 1 amide bonds. The second kappa shape index (κ2) is 8.25. The van der Waals surface area contributed by atoms with Gasteiger partial charge in [0.05, 0.1) is 5.56 Å². The van der Waals surface area contributed by atoms with Crippen LogP contribution in [0.15, 0.2) is 60.7 Å². The Morgan fingerprint density at radius 2 is 1.72 bits per heavy atom. The molecule has 0 aliphatic heterocycles. The average molecular weight is 400 g/mol. The van der Waals surface area contributed by atoms with Gasteiger partial charge in [0.2, 0.25) is 0 Å². The van der Waals surface area contributed by atoms with E-state index in [9.17, 15) is 18.0 Å². The molecule has 0 fully saturated rings. The van der Waals surface area contributed by atoms with Crippen LogP contribution >= 0.6 is 0 Å². The van der Waals surface area contributed by atoms with Gasteiger partial charge in [-0.2, -0.15) is 13.2 Å². The molecule has 0 saturated heterocycles. The number of likely N-dealkylation sites (N-methyl/N-ethyl adjacent to an activating group) is 1. The largest absolute Gasteiger partial charge is 0.416 e. The van der Waals surface area contributed by atoms with Gasteiger partial charge >= 0.3 is 6.18 Å². The summed E-state index contributed by atoms with van der Waals surface area (Å²) in [7, 11) is 3.89. The summed E-state index contributed by atoms with van der Waals surface area (Å²) in [6, 6.07) is 16.1. The number of carbonyl (C=O) groups is 1. The molecular formula is C23H23F3N2O. The number of carbonyl (C=O) groups excluding carboxylic acids is 1. The molecule has 0 aromatic heterocycles. The molecule has 3 aromatic carbocycles. The summed E-state index contributed by atoms with van der Waals surface area (Å²) < 4.78 is 38.4. The van der Waals surface area contributed by atoms with E-state index >= 15 is 0 Å². The van der Waals surface area contributed by atoms with Crippen LogP contribution in [0.3, 0.4) is 0 Å². The van der Waals surface area contributed by atoms with E-state index in [1.807, 2.05) is 50.2 Å². The van der Waals surface area contributed by atoms with Gasteiger partial charge in [-0.15, -0.1) is 0 Å². The first-order valence-corrected chi connectivity index (χ1v) is 9.31. The second-order valence-electron chi connectivity index (χ2n) is 7.45. The number of alkyl halides is 3. The van der Waals surface area contributed by atoms with Crippen molar-refractivity contribution in [2.75, 3.05) is 20.6 Å². The van der Waals surface area contributed by atoms with E-state index in [-0.39, 0.29) is 11.9 Å². The molecule has 3 rings (SSSR count). The first-order valence-electron chi connectivity index (χ1n) is 9.31. The fourth-order valence-corrected chi connectivity index (χ4v) is 3.42. The maximum absolute atomic E-state index is 12.8. The maximum atomic E-state index is 12.8. The molecule has 0 saturated carbocycles. The summed E-state index contributed by atoms with van der Waals surface area (Å²) in [6.45, 7) is 2.68.